The normalized spacial score (nSPS) is 10.9. The van der Waals surface area contributed by atoms with Gasteiger partial charge in [0.15, 0.2) is 4.96 Å². The molecule has 0 fully saturated rings. The van der Waals surface area contributed by atoms with Crippen LogP contribution in [0.5, 0.6) is 0 Å². The monoisotopic (exact) mass is 392 g/mol. The number of fused-ring (bicyclic) bond motifs is 1. The lowest BCUT2D eigenvalue weighted by atomic mass is 10.1. The summed E-state index contributed by atoms with van der Waals surface area (Å²) < 4.78 is 1.87. The van der Waals surface area contributed by atoms with Crippen LogP contribution < -0.4 is 5.32 Å². The Labute approximate surface area is 164 Å². The molecule has 0 saturated heterocycles. The van der Waals surface area contributed by atoms with Crippen molar-refractivity contribution in [2.75, 3.05) is 5.32 Å². The number of nitrogens with one attached hydrogen (secondary N) is 1. The van der Waals surface area contributed by atoms with E-state index in [1.807, 2.05) is 47.9 Å². The predicted octanol–water partition coefficient (Wildman–Crippen LogP) is 4.84. The highest BCUT2D eigenvalue weighted by Gasteiger charge is 2.22. The molecule has 8 heteroatoms. The number of aryl methyl sites for hydroxylation is 2. The molecule has 0 atom stereocenters. The first-order valence-corrected chi connectivity index (χ1v) is 9.36. The number of thiazole rings is 1. The molecule has 0 radical (unpaired) electrons. The lowest BCUT2D eigenvalue weighted by molar-refractivity contribution is -0.384. The molecule has 0 aliphatic heterocycles. The Kier molecular flexibility index (Phi) is 4.40. The summed E-state index contributed by atoms with van der Waals surface area (Å²) in [7, 11) is 0. The van der Waals surface area contributed by atoms with Crippen LogP contribution in [0.15, 0.2) is 54.7 Å². The van der Waals surface area contributed by atoms with Gasteiger partial charge >= 0.3 is 0 Å². The summed E-state index contributed by atoms with van der Waals surface area (Å²) in [5.41, 5.74) is 3.29. The van der Waals surface area contributed by atoms with Gasteiger partial charge in [-0.1, -0.05) is 53.8 Å². The van der Waals surface area contributed by atoms with Crippen molar-refractivity contribution in [3.63, 3.8) is 0 Å². The van der Waals surface area contributed by atoms with Crippen molar-refractivity contribution in [2.45, 2.75) is 13.8 Å². The number of nitro benzene ring substituents is 1. The highest BCUT2D eigenvalue weighted by molar-refractivity contribution is 7.19. The maximum absolute atomic E-state index is 12.8. The summed E-state index contributed by atoms with van der Waals surface area (Å²) in [6.45, 7) is 3.56. The third-order valence-electron chi connectivity index (χ3n) is 4.52. The molecule has 0 saturated carbocycles. The Morgan fingerprint density at radius 1 is 1.14 bits per heavy atom. The van der Waals surface area contributed by atoms with E-state index in [1.165, 1.54) is 17.4 Å². The molecular formula is C20H16N4O3S. The number of nitrogens with zero attached hydrogens (tertiary/aromatic N) is 3. The molecule has 4 aromatic rings. The largest absolute Gasteiger partial charge is 0.315 e. The average Bonchev–Trinajstić information content (AvgIpc) is 3.23. The first kappa shape index (κ1) is 17.9. The molecule has 2 aromatic carbocycles. The van der Waals surface area contributed by atoms with E-state index in [9.17, 15) is 14.9 Å². The van der Waals surface area contributed by atoms with Crippen molar-refractivity contribution < 1.29 is 9.72 Å². The maximum Gasteiger partial charge on any atom is 0.293 e. The fourth-order valence-corrected chi connectivity index (χ4v) is 4.05. The molecule has 0 aliphatic carbocycles. The van der Waals surface area contributed by atoms with Gasteiger partial charge in [0.25, 0.3) is 11.6 Å². The molecule has 140 valence electrons. The Balaban J connectivity index is 1.69. The Morgan fingerprint density at radius 3 is 2.57 bits per heavy atom. The quantitative estimate of drug-likeness (QED) is 0.397. The second-order valence-corrected chi connectivity index (χ2v) is 7.32. The van der Waals surface area contributed by atoms with E-state index in [4.69, 9.17) is 0 Å². The zero-order chi connectivity index (χ0) is 19.8. The molecule has 7 nitrogen and oxygen atoms in total. The summed E-state index contributed by atoms with van der Waals surface area (Å²) >= 11 is 1.26. The average molecular weight is 392 g/mol. The van der Waals surface area contributed by atoms with Crippen molar-refractivity contribution in [1.82, 2.24) is 9.38 Å². The zero-order valence-electron chi connectivity index (χ0n) is 15.2. The van der Waals surface area contributed by atoms with Gasteiger partial charge < -0.3 is 5.32 Å². The van der Waals surface area contributed by atoms with Crippen LogP contribution in [0, 0.1) is 24.0 Å². The van der Waals surface area contributed by atoms with Gasteiger partial charge in [-0.05, 0) is 19.4 Å². The number of hydrogen-bond acceptors (Lipinski definition) is 5. The lowest BCUT2D eigenvalue weighted by Gasteiger charge is -2.08. The first-order chi connectivity index (χ1) is 13.5. The number of anilines is 1. The summed E-state index contributed by atoms with van der Waals surface area (Å²) in [6, 6.07) is 14.5. The van der Waals surface area contributed by atoms with Gasteiger partial charge in [0.2, 0.25) is 0 Å². The second-order valence-electron chi connectivity index (χ2n) is 6.34. The Hall–Kier alpha value is -3.52. The van der Waals surface area contributed by atoms with E-state index in [0.29, 0.717) is 15.4 Å². The molecule has 1 N–H and O–H groups in total. The number of carbonyl (C=O) groups excluding carboxylic acids is 1. The number of aromatic nitrogens is 2. The molecular weight excluding hydrogens is 376 g/mol. The summed E-state index contributed by atoms with van der Waals surface area (Å²) in [5, 5.41) is 14.0. The van der Waals surface area contributed by atoms with Crippen LogP contribution in [0.3, 0.4) is 0 Å². The summed E-state index contributed by atoms with van der Waals surface area (Å²) in [5.74, 6) is -0.383. The van der Waals surface area contributed by atoms with Crippen molar-refractivity contribution in [2.24, 2.45) is 0 Å². The van der Waals surface area contributed by atoms with Crippen LogP contribution in [0.25, 0.3) is 16.2 Å². The Bertz CT molecular complexity index is 1210. The molecule has 1 amide bonds. The highest BCUT2D eigenvalue weighted by Crippen LogP contribution is 2.31. The standard InChI is InChI=1S/C20H16N4O3S/c1-12-7-6-10-16(24(26)27)17(12)22-19(25)18-13(2)23-11-15(21-20(23)28-18)14-8-4-3-5-9-14/h3-11H,1-2H3,(H,22,25). The van der Waals surface area contributed by atoms with E-state index >= 15 is 0 Å². The molecule has 0 unspecified atom stereocenters. The number of carbonyl (C=O) groups is 1. The van der Waals surface area contributed by atoms with Crippen molar-refractivity contribution in [3.8, 4) is 11.3 Å². The number of rotatable bonds is 4. The van der Waals surface area contributed by atoms with Gasteiger partial charge in [-0.3, -0.25) is 19.3 Å². The van der Waals surface area contributed by atoms with Gasteiger partial charge in [-0.25, -0.2) is 4.98 Å². The minimum atomic E-state index is -0.497. The number of hydrogen-bond donors (Lipinski definition) is 1. The second kappa shape index (κ2) is 6.90. The Morgan fingerprint density at radius 2 is 1.89 bits per heavy atom. The van der Waals surface area contributed by atoms with Crippen molar-refractivity contribution >= 4 is 33.6 Å². The van der Waals surface area contributed by atoms with Gasteiger partial charge in [0.1, 0.15) is 10.6 Å². The molecule has 0 spiro atoms. The molecule has 0 aliphatic rings. The maximum atomic E-state index is 12.8. The number of imidazole rings is 1. The third kappa shape index (κ3) is 3.03. The SMILES string of the molecule is Cc1cccc([N+](=O)[O-])c1NC(=O)c1sc2nc(-c3ccccc3)cn2c1C. The minimum Gasteiger partial charge on any atom is -0.315 e. The number of para-hydroxylation sites is 1. The first-order valence-electron chi connectivity index (χ1n) is 8.55. The van der Waals surface area contributed by atoms with E-state index < -0.39 is 4.92 Å². The van der Waals surface area contributed by atoms with E-state index in [-0.39, 0.29) is 17.3 Å². The molecule has 4 rings (SSSR count). The predicted molar refractivity (Wildman–Crippen MR) is 109 cm³/mol. The molecule has 28 heavy (non-hydrogen) atoms. The van der Waals surface area contributed by atoms with Crippen molar-refractivity contribution in [1.29, 1.82) is 0 Å². The van der Waals surface area contributed by atoms with Gasteiger partial charge in [0.05, 0.1) is 10.6 Å². The van der Waals surface area contributed by atoms with Crippen LogP contribution in [0.1, 0.15) is 20.9 Å². The van der Waals surface area contributed by atoms with Gasteiger partial charge in [0, 0.05) is 23.5 Å². The molecule has 2 aromatic heterocycles. The number of amides is 1. The highest BCUT2D eigenvalue weighted by atomic mass is 32.1. The lowest BCUT2D eigenvalue weighted by Crippen LogP contribution is -2.14. The van der Waals surface area contributed by atoms with Crippen LogP contribution in [0.2, 0.25) is 0 Å². The third-order valence-corrected chi connectivity index (χ3v) is 5.67. The number of benzene rings is 2. The fourth-order valence-electron chi connectivity index (χ4n) is 3.05. The number of nitro groups is 1. The zero-order valence-corrected chi connectivity index (χ0v) is 16.0. The molecule has 2 heterocycles. The van der Waals surface area contributed by atoms with E-state index in [1.54, 1.807) is 19.1 Å². The molecule has 0 bridgehead atoms. The fraction of sp³-hybridized carbons (Fsp3) is 0.100. The summed E-state index contributed by atoms with van der Waals surface area (Å²) in [4.78, 5) is 29.4. The van der Waals surface area contributed by atoms with Crippen molar-refractivity contribution in [3.05, 3.63) is 81.0 Å². The van der Waals surface area contributed by atoms with E-state index in [2.05, 4.69) is 10.3 Å². The van der Waals surface area contributed by atoms with E-state index in [0.717, 1.165) is 17.0 Å². The van der Waals surface area contributed by atoms with Gasteiger partial charge in [-0.2, -0.15) is 0 Å². The smallest absolute Gasteiger partial charge is 0.293 e. The van der Waals surface area contributed by atoms with Crippen LogP contribution in [-0.2, 0) is 0 Å². The van der Waals surface area contributed by atoms with Crippen LogP contribution in [-0.4, -0.2) is 20.2 Å². The van der Waals surface area contributed by atoms with Crippen LogP contribution in [0.4, 0.5) is 11.4 Å². The topological polar surface area (TPSA) is 89.5 Å². The minimum absolute atomic E-state index is 0.126. The summed E-state index contributed by atoms with van der Waals surface area (Å²) in [6.07, 6.45) is 1.89. The van der Waals surface area contributed by atoms with Gasteiger partial charge in [-0.15, -0.1) is 0 Å². The van der Waals surface area contributed by atoms with Crippen LogP contribution >= 0.6 is 11.3 Å².